The van der Waals surface area contributed by atoms with E-state index in [-0.39, 0.29) is 23.9 Å². The molecule has 1 aromatic rings. The molecule has 0 radical (unpaired) electrons. The Hall–Kier alpha value is -1.50. The van der Waals surface area contributed by atoms with Gasteiger partial charge in [-0.3, -0.25) is 9.78 Å². The molecule has 0 aliphatic carbocycles. The van der Waals surface area contributed by atoms with Crippen LogP contribution >= 0.6 is 0 Å². The third kappa shape index (κ3) is 4.48. The van der Waals surface area contributed by atoms with Crippen LogP contribution in [0.5, 0.6) is 0 Å². The summed E-state index contributed by atoms with van der Waals surface area (Å²) in [4.78, 5) is 21.0. The zero-order valence-electron chi connectivity index (χ0n) is 9.83. The Kier molecular flexibility index (Phi) is 4.56. The number of carbonyl (C=O) groups excluding carboxylic acids is 1. The maximum absolute atomic E-state index is 11.9. The minimum absolute atomic E-state index is 0.0488. The molecule has 0 spiro atoms. The molecule has 0 aromatic carbocycles. The molecule has 94 valence electrons. The van der Waals surface area contributed by atoms with Gasteiger partial charge in [0.1, 0.15) is 15.5 Å². The fourth-order valence-corrected chi connectivity index (χ4v) is 1.80. The van der Waals surface area contributed by atoms with Crippen LogP contribution in [0, 0.1) is 0 Å². The summed E-state index contributed by atoms with van der Waals surface area (Å²) >= 11 is 0. The Morgan fingerprint density at radius 1 is 1.41 bits per heavy atom. The Morgan fingerprint density at radius 2 is 2.12 bits per heavy atom. The van der Waals surface area contributed by atoms with Gasteiger partial charge in [0.2, 0.25) is 0 Å². The number of hydrogen-bond acceptors (Lipinski definition) is 5. The molecule has 0 aliphatic heterocycles. The lowest BCUT2D eigenvalue weighted by Crippen LogP contribution is -2.35. The summed E-state index contributed by atoms with van der Waals surface area (Å²) in [5.74, 6) is -0.350. The quantitative estimate of drug-likeness (QED) is 0.740. The summed E-state index contributed by atoms with van der Waals surface area (Å²) in [5.41, 5.74) is 0.225. The van der Waals surface area contributed by atoms with Crippen molar-refractivity contribution in [2.45, 2.75) is 6.92 Å². The van der Waals surface area contributed by atoms with E-state index in [0.717, 1.165) is 6.26 Å². The number of hydrogen-bond donors (Lipinski definition) is 0. The smallest absolute Gasteiger partial charge is 0.274 e. The van der Waals surface area contributed by atoms with E-state index in [9.17, 15) is 13.2 Å². The predicted molar refractivity (Wildman–Crippen MR) is 63.3 cm³/mol. The molecule has 7 heteroatoms. The van der Waals surface area contributed by atoms with E-state index in [2.05, 4.69) is 9.97 Å². The largest absolute Gasteiger partial charge is 0.337 e. The molecule has 1 heterocycles. The Morgan fingerprint density at radius 3 is 2.59 bits per heavy atom. The van der Waals surface area contributed by atoms with Gasteiger partial charge in [-0.1, -0.05) is 0 Å². The van der Waals surface area contributed by atoms with Gasteiger partial charge in [0.05, 0.1) is 11.9 Å². The van der Waals surface area contributed by atoms with Crippen LogP contribution in [0.2, 0.25) is 0 Å². The highest BCUT2D eigenvalue weighted by Gasteiger charge is 2.16. The van der Waals surface area contributed by atoms with Gasteiger partial charge in [-0.25, -0.2) is 13.4 Å². The van der Waals surface area contributed by atoms with Crippen molar-refractivity contribution in [3.8, 4) is 0 Å². The van der Waals surface area contributed by atoms with E-state index in [1.54, 1.807) is 6.92 Å². The topological polar surface area (TPSA) is 80.2 Å². The number of nitrogens with zero attached hydrogens (tertiary/aromatic N) is 3. The molecule has 0 N–H and O–H groups in total. The molecule has 1 rings (SSSR count). The molecule has 0 fully saturated rings. The number of aromatic nitrogens is 2. The van der Waals surface area contributed by atoms with Crippen molar-refractivity contribution in [1.82, 2.24) is 14.9 Å². The van der Waals surface area contributed by atoms with Gasteiger partial charge in [0, 0.05) is 31.7 Å². The summed E-state index contributed by atoms with van der Waals surface area (Å²) in [5, 5.41) is 0. The van der Waals surface area contributed by atoms with Crippen LogP contribution in [-0.4, -0.2) is 54.3 Å². The molecule has 0 saturated heterocycles. The van der Waals surface area contributed by atoms with E-state index in [1.807, 2.05) is 0 Å². The van der Waals surface area contributed by atoms with Crippen LogP contribution in [0.4, 0.5) is 0 Å². The second-order valence-electron chi connectivity index (χ2n) is 3.61. The Bertz CT molecular complexity index is 473. The van der Waals surface area contributed by atoms with Gasteiger partial charge in [0.25, 0.3) is 5.91 Å². The number of sulfone groups is 1. The van der Waals surface area contributed by atoms with Gasteiger partial charge in [0.15, 0.2) is 0 Å². The molecular weight excluding hydrogens is 242 g/mol. The van der Waals surface area contributed by atoms with Crippen molar-refractivity contribution in [1.29, 1.82) is 0 Å². The molecule has 1 amide bonds. The first-order valence-electron chi connectivity index (χ1n) is 5.17. The molecule has 1 aromatic heterocycles. The van der Waals surface area contributed by atoms with Crippen molar-refractivity contribution in [2.75, 3.05) is 25.1 Å². The predicted octanol–water partition coefficient (Wildman–Crippen LogP) is -0.0167. The number of amides is 1. The molecule has 0 bridgehead atoms. The van der Waals surface area contributed by atoms with E-state index in [0.29, 0.717) is 6.54 Å². The van der Waals surface area contributed by atoms with Gasteiger partial charge in [-0.05, 0) is 6.92 Å². The number of rotatable bonds is 5. The standard InChI is InChI=1S/C10H15N3O3S/c1-3-13(6-7-17(2,15)16)10(14)9-8-11-4-5-12-9/h4-5,8H,3,6-7H2,1-2H3. The average molecular weight is 257 g/mol. The molecular formula is C10H15N3O3S. The summed E-state index contributed by atoms with van der Waals surface area (Å²) in [7, 11) is -3.07. The average Bonchev–Trinajstić information content (AvgIpc) is 2.29. The first-order chi connectivity index (χ1) is 7.94. The second-order valence-corrected chi connectivity index (χ2v) is 5.87. The highest BCUT2D eigenvalue weighted by molar-refractivity contribution is 7.90. The third-order valence-electron chi connectivity index (χ3n) is 2.18. The normalized spacial score (nSPS) is 11.2. The lowest BCUT2D eigenvalue weighted by atomic mass is 10.3. The van der Waals surface area contributed by atoms with Crippen LogP contribution in [0.1, 0.15) is 17.4 Å². The zero-order valence-corrected chi connectivity index (χ0v) is 10.6. The highest BCUT2D eigenvalue weighted by Crippen LogP contribution is 2.00. The minimum Gasteiger partial charge on any atom is -0.337 e. The van der Waals surface area contributed by atoms with Crippen molar-refractivity contribution >= 4 is 15.7 Å². The number of carbonyl (C=O) groups is 1. The summed E-state index contributed by atoms with van der Waals surface area (Å²) < 4.78 is 22.1. The van der Waals surface area contributed by atoms with E-state index in [1.165, 1.54) is 23.5 Å². The van der Waals surface area contributed by atoms with Crippen molar-refractivity contribution in [3.63, 3.8) is 0 Å². The molecule has 17 heavy (non-hydrogen) atoms. The van der Waals surface area contributed by atoms with E-state index >= 15 is 0 Å². The first-order valence-corrected chi connectivity index (χ1v) is 7.23. The van der Waals surface area contributed by atoms with E-state index < -0.39 is 9.84 Å². The monoisotopic (exact) mass is 257 g/mol. The van der Waals surface area contributed by atoms with Crippen LogP contribution in [0.15, 0.2) is 18.6 Å². The van der Waals surface area contributed by atoms with Gasteiger partial charge in [-0.15, -0.1) is 0 Å². The van der Waals surface area contributed by atoms with Crippen LogP contribution in [0.3, 0.4) is 0 Å². The molecule has 6 nitrogen and oxygen atoms in total. The van der Waals surface area contributed by atoms with Gasteiger partial charge < -0.3 is 4.90 Å². The zero-order chi connectivity index (χ0) is 12.9. The van der Waals surface area contributed by atoms with Crippen LogP contribution < -0.4 is 0 Å². The minimum atomic E-state index is -3.07. The lowest BCUT2D eigenvalue weighted by Gasteiger charge is -2.19. The summed E-state index contributed by atoms with van der Waals surface area (Å²) in [6, 6.07) is 0. The fourth-order valence-electron chi connectivity index (χ4n) is 1.25. The Labute approximate surface area is 101 Å². The van der Waals surface area contributed by atoms with Gasteiger partial charge in [-0.2, -0.15) is 0 Å². The molecule has 0 atom stereocenters. The lowest BCUT2D eigenvalue weighted by molar-refractivity contribution is 0.0768. The molecule has 0 aliphatic rings. The fraction of sp³-hybridized carbons (Fsp3) is 0.500. The summed E-state index contributed by atoms with van der Waals surface area (Å²) in [6.07, 6.45) is 5.42. The molecule has 0 saturated carbocycles. The van der Waals surface area contributed by atoms with Gasteiger partial charge >= 0.3 is 0 Å². The van der Waals surface area contributed by atoms with E-state index in [4.69, 9.17) is 0 Å². The van der Waals surface area contributed by atoms with Crippen molar-refractivity contribution in [2.24, 2.45) is 0 Å². The first kappa shape index (κ1) is 13.6. The molecule has 0 unspecified atom stereocenters. The maximum atomic E-state index is 11.9. The van der Waals surface area contributed by atoms with Crippen LogP contribution in [0.25, 0.3) is 0 Å². The third-order valence-corrected chi connectivity index (χ3v) is 3.11. The van der Waals surface area contributed by atoms with Crippen LogP contribution in [-0.2, 0) is 9.84 Å². The Balaban J connectivity index is 2.72. The maximum Gasteiger partial charge on any atom is 0.274 e. The second kappa shape index (κ2) is 5.72. The summed E-state index contributed by atoms with van der Waals surface area (Å²) in [6.45, 7) is 2.40. The van der Waals surface area contributed by atoms with Crippen molar-refractivity contribution in [3.05, 3.63) is 24.3 Å². The van der Waals surface area contributed by atoms with Crippen molar-refractivity contribution < 1.29 is 13.2 Å². The SMILES string of the molecule is CCN(CCS(C)(=O)=O)C(=O)c1cnccn1. The highest BCUT2D eigenvalue weighted by atomic mass is 32.2.